The monoisotopic (exact) mass is 286 g/mol. The van der Waals surface area contributed by atoms with E-state index in [2.05, 4.69) is 47.5 Å². The van der Waals surface area contributed by atoms with Gasteiger partial charge in [-0.25, -0.2) is 0 Å². The summed E-state index contributed by atoms with van der Waals surface area (Å²) in [5.74, 6) is 0. The van der Waals surface area contributed by atoms with Crippen molar-refractivity contribution < 1.29 is 0 Å². The minimum atomic E-state index is 0.567. The zero-order valence-corrected chi connectivity index (χ0v) is 13.4. The number of hydrogen-bond acceptors (Lipinski definition) is 2. The zero-order valence-electron chi connectivity index (χ0n) is 13.4. The Morgan fingerprint density at radius 3 is 2.43 bits per heavy atom. The van der Waals surface area contributed by atoms with Gasteiger partial charge < -0.3 is 5.32 Å². The number of rotatable bonds is 3. The summed E-state index contributed by atoms with van der Waals surface area (Å²) in [5, 5.41) is 3.76. The minimum Gasteiger partial charge on any atom is -0.311 e. The Morgan fingerprint density at radius 2 is 1.76 bits per heavy atom. The van der Waals surface area contributed by atoms with E-state index in [0.717, 1.165) is 12.6 Å². The van der Waals surface area contributed by atoms with Gasteiger partial charge in [-0.15, -0.1) is 0 Å². The van der Waals surface area contributed by atoms with Gasteiger partial charge in [-0.1, -0.05) is 62.9 Å². The van der Waals surface area contributed by atoms with Crippen LogP contribution in [0.15, 0.2) is 30.3 Å². The molecule has 0 amide bonds. The number of piperazine rings is 1. The van der Waals surface area contributed by atoms with Crippen LogP contribution in [0.5, 0.6) is 0 Å². The minimum absolute atomic E-state index is 0.567. The molecule has 1 aromatic carbocycles. The highest BCUT2D eigenvalue weighted by Crippen LogP contribution is 2.31. The third kappa shape index (κ3) is 3.67. The lowest BCUT2D eigenvalue weighted by Crippen LogP contribution is -2.55. The molecule has 1 N–H and O–H groups in total. The lowest BCUT2D eigenvalue weighted by Gasteiger charge is -2.45. The van der Waals surface area contributed by atoms with Crippen LogP contribution in [-0.2, 0) is 0 Å². The Morgan fingerprint density at radius 1 is 1.05 bits per heavy atom. The Bertz CT molecular complexity index is 409. The number of hydrogen-bond donors (Lipinski definition) is 1. The normalized spacial score (nSPS) is 29.2. The molecule has 1 aliphatic carbocycles. The van der Waals surface area contributed by atoms with E-state index in [4.69, 9.17) is 0 Å². The first-order valence-corrected chi connectivity index (χ1v) is 8.92. The van der Waals surface area contributed by atoms with Crippen molar-refractivity contribution in [1.29, 1.82) is 0 Å². The van der Waals surface area contributed by atoms with Gasteiger partial charge in [-0.05, 0) is 24.8 Å². The molecule has 0 radical (unpaired) electrons. The van der Waals surface area contributed by atoms with Crippen molar-refractivity contribution in [2.75, 3.05) is 13.1 Å². The maximum Gasteiger partial charge on any atom is 0.0476 e. The molecule has 2 fully saturated rings. The molecule has 2 atom stereocenters. The van der Waals surface area contributed by atoms with E-state index in [1.165, 1.54) is 57.1 Å². The summed E-state index contributed by atoms with van der Waals surface area (Å²) in [6, 6.07) is 13.2. The number of benzene rings is 1. The molecule has 2 unspecified atom stereocenters. The fraction of sp³-hybridized carbons (Fsp3) is 0.684. The van der Waals surface area contributed by atoms with Crippen molar-refractivity contribution in [2.45, 2.75) is 70.0 Å². The molecule has 0 aromatic heterocycles. The van der Waals surface area contributed by atoms with Crippen LogP contribution in [0.1, 0.15) is 63.5 Å². The molecule has 0 spiro atoms. The fourth-order valence-electron chi connectivity index (χ4n) is 4.09. The molecule has 1 saturated heterocycles. The third-order valence-electron chi connectivity index (χ3n) is 5.40. The van der Waals surface area contributed by atoms with Crippen molar-refractivity contribution in [3.05, 3.63) is 35.9 Å². The Hall–Kier alpha value is -0.860. The number of nitrogens with zero attached hydrogens (tertiary/aromatic N) is 1. The Balaban J connectivity index is 1.79. The maximum atomic E-state index is 3.76. The summed E-state index contributed by atoms with van der Waals surface area (Å²) >= 11 is 0. The average Bonchev–Trinajstić information content (AvgIpc) is 2.84. The van der Waals surface area contributed by atoms with E-state index < -0.39 is 0 Å². The van der Waals surface area contributed by atoms with Gasteiger partial charge in [0.05, 0.1) is 0 Å². The predicted octanol–water partition coefficient (Wildman–Crippen LogP) is 4.13. The second-order valence-corrected chi connectivity index (χ2v) is 6.78. The summed E-state index contributed by atoms with van der Waals surface area (Å²) in [4.78, 5) is 2.84. The molecule has 0 bridgehead atoms. The van der Waals surface area contributed by atoms with Crippen LogP contribution in [0.25, 0.3) is 0 Å². The molecule has 2 aliphatic rings. The summed E-state index contributed by atoms with van der Waals surface area (Å²) in [6.07, 6.45) is 9.77. The van der Waals surface area contributed by atoms with E-state index >= 15 is 0 Å². The van der Waals surface area contributed by atoms with Gasteiger partial charge in [0.1, 0.15) is 0 Å². The first kappa shape index (κ1) is 15.1. The topological polar surface area (TPSA) is 15.3 Å². The van der Waals surface area contributed by atoms with E-state index in [0.29, 0.717) is 12.1 Å². The molecule has 21 heavy (non-hydrogen) atoms. The highest BCUT2D eigenvalue weighted by molar-refractivity contribution is 5.20. The Labute approximate surface area is 129 Å². The molecule has 1 saturated carbocycles. The van der Waals surface area contributed by atoms with Crippen molar-refractivity contribution in [1.82, 2.24) is 10.2 Å². The highest BCUT2D eigenvalue weighted by Gasteiger charge is 2.33. The van der Waals surface area contributed by atoms with Crippen molar-refractivity contribution >= 4 is 0 Å². The second kappa shape index (κ2) is 7.42. The van der Waals surface area contributed by atoms with Crippen molar-refractivity contribution in [2.24, 2.45) is 0 Å². The predicted molar refractivity (Wildman–Crippen MR) is 89.5 cm³/mol. The van der Waals surface area contributed by atoms with E-state index in [-0.39, 0.29) is 0 Å². The van der Waals surface area contributed by atoms with Gasteiger partial charge in [0.25, 0.3) is 0 Å². The summed E-state index contributed by atoms with van der Waals surface area (Å²) in [5.41, 5.74) is 1.49. The molecule has 1 heterocycles. The largest absolute Gasteiger partial charge is 0.311 e. The van der Waals surface area contributed by atoms with E-state index in [1.807, 2.05) is 0 Å². The molecule has 1 aliphatic heterocycles. The van der Waals surface area contributed by atoms with Gasteiger partial charge in [0, 0.05) is 31.2 Å². The average molecular weight is 286 g/mol. The lowest BCUT2D eigenvalue weighted by atomic mass is 9.95. The SMILES string of the molecule is CCC1CN(C2CCCCCC2)C(c2ccccc2)CN1. The van der Waals surface area contributed by atoms with Crippen LogP contribution in [0.2, 0.25) is 0 Å². The fourth-order valence-corrected chi connectivity index (χ4v) is 4.09. The summed E-state index contributed by atoms with van der Waals surface area (Å²) in [7, 11) is 0. The van der Waals surface area contributed by atoms with Crippen LogP contribution < -0.4 is 5.32 Å². The molecule has 3 rings (SSSR count). The smallest absolute Gasteiger partial charge is 0.0476 e. The summed E-state index contributed by atoms with van der Waals surface area (Å²) in [6.45, 7) is 4.64. The van der Waals surface area contributed by atoms with Gasteiger partial charge in [-0.3, -0.25) is 4.90 Å². The van der Waals surface area contributed by atoms with Gasteiger partial charge in [0.2, 0.25) is 0 Å². The van der Waals surface area contributed by atoms with Crippen LogP contribution in [-0.4, -0.2) is 30.1 Å². The zero-order chi connectivity index (χ0) is 14.5. The van der Waals surface area contributed by atoms with Gasteiger partial charge in [0.15, 0.2) is 0 Å². The Kier molecular flexibility index (Phi) is 5.32. The lowest BCUT2D eigenvalue weighted by molar-refractivity contribution is 0.0714. The van der Waals surface area contributed by atoms with Crippen LogP contribution in [0, 0.1) is 0 Å². The molecule has 116 valence electrons. The standard InChI is InChI=1S/C19H30N2/c1-2-17-15-21(18-12-8-3-4-9-13-18)19(14-20-17)16-10-6-5-7-11-16/h5-7,10-11,17-20H,2-4,8-9,12-15H2,1H3. The second-order valence-electron chi connectivity index (χ2n) is 6.78. The first-order chi connectivity index (χ1) is 10.4. The first-order valence-electron chi connectivity index (χ1n) is 8.92. The third-order valence-corrected chi connectivity index (χ3v) is 5.40. The molecular weight excluding hydrogens is 256 g/mol. The molecule has 2 heteroatoms. The molecule has 2 nitrogen and oxygen atoms in total. The van der Waals surface area contributed by atoms with E-state index in [9.17, 15) is 0 Å². The molecule has 1 aromatic rings. The van der Waals surface area contributed by atoms with Gasteiger partial charge in [-0.2, -0.15) is 0 Å². The highest BCUT2D eigenvalue weighted by atomic mass is 15.3. The van der Waals surface area contributed by atoms with E-state index in [1.54, 1.807) is 0 Å². The quantitative estimate of drug-likeness (QED) is 0.840. The van der Waals surface area contributed by atoms with Crippen molar-refractivity contribution in [3.63, 3.8) is 0 Å². The molecular formula is C19H30N2. The van der Waals surface area contributed by atoms with Crippen molar-refractivity contribution in [3.8, 4) is 0 Å². The summed E-state index contributed by atoms with van der Waals surface area (Å²) < 4.78 is 0. The van der Waals surface area contributed by atoms with Crippen LogP contribution in [0.3, 0.4) is 0 Å². The van der Waals surface area contributed by atoms with Crippen LogP contribution in [0.4, 0.5) is 0 Å². The van der Waals surface area contributed by atoms with Gasteiger partial charge >= 0.3 is 0 Å². The van der Waals surface area contributed by atoms with Crippen LogP contribution >= 0.6 is 0 Å². The number of nitrogens with one attached hydrogen (secondary N) is 1. The maximum absolute atomic E-state index is 3.76.